The average Bonchev–Trinajstić information content (AvgIpc) is 2.30. The quantitative estimate of drug-likeness (QED) is 0.718. The number of piperidine rings is 2. The van der Waals surface area contributed by atoms with E-state index in [0.29, 0.717) is 0 Å². The van der Waals surface area contributed by atoms with Gasteiger partial charge in [-0.2, -0.15) is 0 Å². The summed E-state index contributed by atoms with van der Waals surface area (Å²) in [6.45, 7) is 6.20. The Morgan fingerprint density at radius 3 is 2.73 bits per heavy atom. The van der Waals surface area contributed by atoms with Crippen LogP contribution in [0.5, 0.6) is 0 Å². The highest BCUT2D eigenvalue weighted by Crippen LogP contribution is 2.12. The summed E-state index contributed by atoms with van der Waals surface area (Å²) < 4.78 is 0. The summed E-state index contributed by atoms with van der Waals surface area (Å²) in [4.78, 5) is 2.43. The van der Waals surface area contributed by atoms with E-state index in [1.807, 2.05) is 0 Å². The molecule has 88 valence electrons. The Morgan fingerprint density at radius 1 is 1.27 bits per heavy atom. The largest absolute Gasteiger partial charge is 0.316 e. The lowest BCUT2D eigenvalue weighted by Crippen LogP contribution is -2.44. The highest BCUT2D eigenvalue weighted by atomic mass is 15.1. The van der Waals surface area contributed by atoms with Crippen molar-refractivity contribution in [1.29, 1.82) is 0 Å². The van der Waals surface area contributed by atoms with Gasteiger partial charge in [-0.3, -0.25) is 0 Å². The molecule has 0 radical (unpaired) electrons. The SMILES string of the molecule is CN1CCC(NCC2CCCNC2)CC1. The van der Waals surface area contributed by atoms with E-state index in [0.717, 1.165) is 12.0 Å². The third-order valence-electron chi connectivity index (χ3n) is 3.81. The van der Waals surface area contributed by atoms with Crippen LogP contribution in [0.25, 0.3) is 0 Å². The molecule has 15 heavy (non-hydrogen) atoms. The third-order valence-corrected chi connectivity index (χ3v) is 3.81. The number of likely N-dealkylation sites (tertiary alicyclic amines) is 1. The third kappa shape index (κ3) is 3.74. The minimum absolute atomic E-state index is 0.781. The lowest BCUT2D eigenvalue weighted by atomic mass is 9.98. The fourth-order valence-corrected chi connectivity index (χ4v) is 2.64. The van der Waals surface area contributed by atoms with Crippen molar-refractivity contribution in [2.24, 2.45) is 5.92 Å². The van der Waals surface area contributed by atoms with Crippen molar-refractivity contribution in [3.63, 3.8) is 0 Å². The zero-order valence-corrected chi connectivity index (χ0v) is 9.97. The van der Waals surface area contributed by atoms with Gasteiger partial charge in [0.05, 0.1) is 0 Å². The number of rotatable bonds is 3. The molecule has 2 rings (SSSR count). The van der Waals surface area contributed by atoms with Gasteiger partial charge in [0.1, 0.15) is 0 Å². The Morgan fingerprint density at radius 2 is 2.07 bits per heavy atom. The van der Waals surface area contributed by atoms with E-state index in [4.69, 9.17) is 0 Å². The van der Waals surface area contributed by atoms with Crippen molar-refractivity contribution < 1.29 is 0 Å². The second-order valence-corrected chi connectivity index (χ2v) is 5.20. The highest BCUT2D eigenvalue weighted by Gasteiger charge is 2.18. The van der Waals surface area contributed by atoms with Crippen LogP contribution in [0.15, 0.2) is 0 Å². The smallest absolute Gasteiger partial charge is 0.00915 e. The van der Waals surface area contributed by atoms with Gasteiger partial charge >= 0.3 is 0 Å². The Kier molecular flexibility index (Phi) is 4.42. The van der Waals surface area contributed by atoms with Crippen LogP contribution in [0, 0.1) is 5.92 Å². The molecule has 2 saturated heterocycles. The molecule has 0 aromatic rings. The molecule has 2 aliphatic rings. The maximum Gasteiger partial charge on any atom is 0.00915 e. The van der Waals surface area contributed by atoms with Gasteiger partial charge in [-0.05, 0) is 71.4 Å². The number of hydrogen-bond donors (Lipinski definition) is 2. The zero-order chi connectivity index (χ0) is 10.5. The number of nitrogens with one attached hydrogen (secondary N) is 2. The van der Waals surface area contributed by atoms with E-state index in [1.165, 1.54) is 58.4 Å². The van der Waals surface area contributed by atoms with Crippen LogP contribution < -0.4 is 10.6 Å². The normalized spacial score (nSPS) is 30.6. The summed E-state index contributed by atoms with van der Waals surface area (Å²) in [5.74, 6) is 0.874. The molecular weight excluding hydrogens is 186 g/mol. The molecule has 0 aromatic carbocycles. The van der Waals surface area contributed by atoms with Crippen molar-refractivity contribution in [2.45, 2.75) is 31.7 Å². The summed E-state index contributed by atoms with van der Waals surface area (Å²) >= 11 is 0. The summed E-state index contributed by atoms with van der Waals surface area (Å²) in [7, 11) is 2.22. The van der Waals surface area contributed by atoms with E-state index in [1.54, 1.807) is 0 Å². The highest BCUT2D eigenvalue weighted by molar-refractivity contribution is 4.78. The van der Waals surface area contributed by atoms with Gasteiger partial charge in [-0.15, -0.1) is 0 Å². The van der Waals surface area contributed by atoms with Crippen LogP contribution in [0.4, 0.5) is 0 Å². The Labute approximate surface area is 93.6 Å². The van der Waals surface area contributed by atoms with Crippen LogP contribution >= 0.6 is 0 Å². The molecule has 1 unspecified atom stereocenters. The lowest BCUT2D eigenvalue weighted by Gasteiger charge is -2.31. The van der Waals surface area contributed by atoms with Crippen LogP contribution in [-0.2, 0) is 0 Å². The molecule has 2 aliphatic heterocycles. The zero-order valence-electron chi connectivity index (χ0n) is 9.97. The molecule has 3 nitrogen and oxygen atoms in total. The van der Waals surface area contributed by atoms with E-state index >= 15 is 0 Å². The first-order chi connectivity index (χ1) is 7.34. The van der Waals surface area contributed by atoms with E-state index < -0.39 is 0 Å². The molecule has 2 fully saturated rings. The molecule has 2 N–H and O–H groups in total. The van der Waals surface area contributed by atoms with E-state index in [-0.39, 0.29) is 0 Å². The Hall–Kier alpha value is -0.120. The molecular formula is C12H25N3. The molecule has 2 heterocycles. The van der Waals surface area contributed by atoms with Crippen molar-refractivity contribution in [2.75, 3.05) is 39.8 Å². The van der Waals surface area contributed by atoms with Crippen LogP contribution in [0.2, 0.25) is 0 Å². The van der Waals surface area contributed by atoms with Gasteiger partial charge in [0.25, 0.3) is 0 Å². The van der Waals surface area contributed by atoms with Crippen molar-refractivity contribution >= 4 is 0 Å². The Balaban J connectivity index is 1.60. The van der Waals surface area contributed by atoms with Crippen molar-refractivity contribution in [3.05, 3.63) is 0 Å². The molecule has 1 atom stereocenters. The van der Waals surface area contributed by atoms with Gasteiger partial charge in [0, 0.05) is 6.04 Å². The standard InChI is InChI=1S/C12H25N3/c1-15-7-4-12(5-8-15)14-10-11-3-2-6-13-9-11/h11-14H,2-10H2,1H3. The van der Waals surface area contributed by atoms with Gasteiger partial charge in [0.2, 0.25) is 0 Å². The molecule has 0 bridgehead atoms. The first kappa shape index (κ1) is 11.4. The maximum atomic E-state index is 3.75. The molecule has 0 saturated carbocycles. The first-order valence-electron chi connectivity index (χ1n) is 6.47. The van der Waals surface area contributed by atoms with Gasteiger partial charge in [-0.1, -0.05) is 0 Å². The van der Waals surface area contributed by atoms with Crippen LogP contribution in [0.3, 0.4) is 0 Å². The maximum absolute atomic E-state index is 3.75. The monoisotopic (exact) mass is 211 g/mol. The predicted molar refractivity (Wildman–Crippen MR) is 64.1 cm³/mol. The van der Waals surface area contributed by atoms with E-state index in [9.17, 15) is 0 Å². The lowest BCUT2D eigenvalue weighted by molar-refractivity contribution is 0.225. The van der Waals surface area contributed by atoms with Gasteiger partial charge in [0.15, 0.2) is 0 Å². The first-order valence-corrected chi connectivity index (χ1v) is 6.47. The van der Waals surface area contributed by atoms with E-state index in [2.05, 4.69) is 22.6 Å². The van der Waals surface area contributed by atoms with Gasteiger partial charge < -0.3 is 15.5 Å². The number of nitrogens with zero attached hydrogens (tertiary/aromatic N) is 1. The molecule has 0 spiro atoms. The van der Waals surface area contributed by atoms with Crippen LogP contribution in [-0.4, -0.2) is 50.7 Å². The molecule has 0 amide bonds. The fourth-order valence-electron chi connectivity index (χ4n) is 2.64. The van der Waals surface area contributed by atoms with Crippen LogP contribution in [0.1, 0.15) is 25.7 Å². The fraction of sp³-hybridized carbons (Fsp3) is 1.00. The Bertz CT molecular complexity index is 170. The summed E-state index contributed by atoms with van der Waals surface area (Å²) in [6, 6.07) is 0.781. The van der Waals surface area contributed by atoms with Crippen molar-refractivity contribution in [1.82, 2.24) is 15.5 Å². The molecule has 0 aromatic heterocycles. The topological polar surface area (TPSA) is 27.3 Å². The predicted octanol–water partition coefficient (Wildman–Crippen LogP) is 0.670. The summed E-state index contributed by atoms with van der Waals surface area (Å²) in [5.41, 5.74) is 0. The second kappa shape index (κ2) is 5.83. The minimum Gasteiger partial charge on any atom is -0.316 e. The van der Waals surface area contributed by atoms with Gasteiger partial charge in [-0.25, -0.2) is 0 Å². The minimum atomic E-state index is 0.781. The second-order valence-electron chi connectivity index (χ2n) is 5.20. The molecule has 0 aliphatic carbocycles. The summed E-state index contributed by atoms with van der Waals surface area (Å²) in [6.07, 6.45) is 5.43. The summed E-state index contributed by atoms with van der Waals surface area (Å²) in [5, 5.41) is 7.23. The number of hydrogen-bond acceptors (Lipinski definition) is 3. The van der Waals surface area contributed by atoms with Crippen molar-refractivity contribution in [3.8, 4) is 0 Å². The average molecular weight is 211 g/mol. The molecule has 3 heteroatoms.